The summed E-state index contributed by atoms with van der Waals surface area (Å²) in [6.45, 7) is 0. The lowest BCUT2D eigenvalue weighted by Gasteiger charge is -2.27. The molecule has 10 rings (SSSR count). The standard InChI is InChI=1S/C46H30N2O/c1-2-10-34-33(8-1)28-41(39-14-6-4-11-36(34)39)44-26-25-43(49-44)30-17-15-29(16-18-30)35-22-23-40(38-13-5-3-12-37(35)38)42-24-21-32-20-19-31-9-7-27-47-45(31)46(32)48-42/h1-28,32,46H/i1D,2D,3D,4D,5D,6D,7D,8D,9D,10D,11D,12D,13D,14D,15D,16D,17D,18D,19D,20D,21D,22D,23D,24D,25D,26D,27D,28D. The van der Waals surface area contributed by atoms with Gasteiger partial charge in [0.1, 0.15) is 17.6 Å². The van der Waals surface area contributed by atoms with Crippen molar-refractivity contribution in [1.82, 2.24) is 4.98 Å². The Labute approximate surface area is 323 Å². The Kier molecular flexibility index (Phi) is 2.66. The maximum Gasteiger partial charge on any atom is 0.135 e. The molecule has 6 aromatic carbocycles. The average Bonchev–Trinajstić information content (AvgIpc) is 3.69. The second kappa shape index (κ2) is 11.1. The van der Waals surface area contributed by atoms with Gasteiger partial charge in [-0.15, -0.1) is 0 Å². The van der Waals surface area contributed by atoms with Crippen LogP contribution in [0.25, 0.3) is 72.1 Å². The van der Waals surface area contributed by atoms with E-state index in [4.69, 9.17) is 33.2 Å². The Morgan fingerprint density at radius 1 is 0.531 bits per heavy atom. The molecule has 230 valence electrons. The third-order valence-corrected chi connectivity index (χ3v) is 7.92. The fraction of sp³-hybridized carbons (Fsp3) is 0.0435. The van der Waals surface area contributed by atoms with Crippen molar-refractivity contribution in [3.63, 3.8) is 0 Å². The van der Waals surface area contributed by atoms with Crippen molar-refractivity contribution in [2.75, 3.05) is 0 Å². The number of nitrogens with zero attached hydrogens (tertiary/aromatic N) is 2. The zero-order chi connectivity index (χ0) is 56.7. The van der Waals surface area contributed by atoms with E-state index in [1.165, 1.54) is 0 Å². The summed E-state index contributed by atoms with van der Waals surface area (Å²) in [5, 5.41) is -3.43. The molecule has 0 radical (unpaired) electrons. The first-order valence-corrected chi connectivity index (χ1v) is 14.5. The zero-order valence-corrected chi connectivity index (χ0v) is 24.5. The minimum Gasteiger partial charge on any atom is -0.456 e. The van der Waals surface area contributed by atoms with Crippen LogP contribution >= 0.6 is 0 Å². The Morgan fingerprint density at radius 2 is 1.18 bits per heavy atom. The third kappa shape index (κ3) is 4.58. The van der Waals surface area contributed by atoms with Crippen molar-refractivity contribution in [1.29, 1.82) is 0 Å². The van der Waals surface area contributed by atoms with Crippen molar-refractivity contribution in [3.05, 3.63) is 180 Å². The topological polar surface area (TPSA) is 38.4 Å². The van der Waals surface area contributed by atoms with E-state index in [0.717, 1.165) is 0 Å². The van der Waals surface area contributed by atoms with E-state index in [0.29, 0.717) is 0 Å². The fourth-order valence-electron chi connectivity index (χ4n) is 5.68. The van der Waals surface area contributed by atoms with E-state index in [1.807, 2.05) is 0 Å². The van der Waals surface area contributed by atoms with E-state index < -0.39 is 259 Å². The molecule has 0 N–H and O–H groups in total. The van der Waals surface area contributed by atoms with Gasteiger partial charge in [-0.05, 0) is 79.2 Å². The predicted octanol–water partition coefficient (Wildman–Crippen LogP) is 11.9. The highest BCUT2D eigenvalue weighted by atomic mass is 16.3. The van der Waals surface area contributed by atoms with Crippen LogP contribution in [0.15, 0.2) is 173 Å². The highest BCUT2D eigenvalue weighted by Gasteiger charge is 2.28. The lowest BCUT2D eigenvalue weighted by Crippen LogP contribution is -2.19. The molecule has 3 nitrogen and oxygen atoms in total. The zero-order valence-electron chi connectivity index (χ0n) is 52.5. The SMILES string of the molecule is [2H]C1=C([2H])C2C([2H])=C([2H])c3c(nc([2H])c([2H])c3[2H])C2N=C1c1c([2H])c([2H])c(-c2c([2H])c([2H])c(-c3oc(-c4c([2H])c5c([2H])c([2H])c([2H])c([2H])c5c5c([2H])c([2H])c([2H])c([2H])c45)c([2H])c3[2H])c([2H])c2[2H])c2c([2H])c([2H])c([2H])c([2H])c12. The van der Waals surface area contributed by atoms with Crippen molar-refractivity contribution >= 4 is 44.1 Å². The minimum absolute atomic E-state index is 0.313. The quantitative estimate of drug-likeness (QED) is 0.177. The molecule has 8 aromatic rings. The number of allylic oxidation sites excluding steroid dienone is 1. The van der Waals surface area contributed by atoms with Gasteiger partial charge >= 0.3 is 0 Å². The van der Waals surface area contributed by atoms with Crippen LogP contribution in [0.4, 0.5) is 0 Å². The molecule has 2 aliphatic rings. The van der Waals surface area contributed by atoms with Crippen LogP contribution in [-0.4, -0.2) is 10.7 Å². The van der Waals surface area contributed by atoms with Gasteiger partial charge < -0.3 is 4.42 Å². The van der Waals surface area contributed by atoms with Crippen LogP contribution in [0.1, 0.15) is 61.2 Å². The first-order valence-electron chi connectivity index (χ1n) is 28.5. The van der Waals surface area contributed by atoms with Gasteiger partial charge in [0.15, 0.2) is 0 Å². The number of dihydropyridines is 1. The van der Waals surface area contributed by atoms with Crippen LogP contribution in [-0.2, 0) is 0 Å². The molecule has 3 heterocycles. The summed E-state index contributed by atoms with van der Waals surface area (Å²) in [4.78, 5) is 8.61. The van der Waals surface area contributed by atoms with Crippen molar-refractivity contribution < 1.29 is 42.8 Å². The molecule has 1 aliphatic heterocycles. The molecule has 0 bridgehead atoms. The summed E-state index contributed by atoms with van der Waals surface area (Å²) >= 11 is 0. The first-order chi connectivity index (χ1) is 35.9. The van der Waals surface area contributed by atoms with Crippen LogP contribution < -0.4 is 0 Å². The van der Waals surface area contributed by atoms with Crippen molar-refractivity contribution in [2.24, 2.45) is 10.9 Å². The number of pyridine rings is 1. The summed E-state index contributed by atoms with van der Waals surface area (Å²) in [6, 6.07) is -24.9. The predicted molar refractivity (Wildman–Crippen MR) is 203 cm³/mol. The van der Waals surface area contributed by atoms with Crippen LogP contribution in [0.5, 0.6) is 0 Å². The van der Waals surface area contributed by atoms with E-state index in [1.54, 1.807) is 0 Å². The van der Waals surface area contributed by atoms with Gasteiger partial charge in [0.05, 0.1) is 49.8 Å². The van der Waals surface area contributed by atoms with Crippen LogP contribution in [0.3, 0.4) is 0 Å². The summed E-state index contributed by atoms with van der Waals surface area (Å²) in [5.74, 6) is -3.22. The second-order valence-corrected chi connectivity index (χ2v) is 10.7. The molecule has 49 heavy (non-hydrogen) atoms. The first kappa shape index (κ1) is 11.7. The minimum atomic E-state index is -1.57. The number of rotatable bonds is 4. The highest BCUT2D eigenvalue weighted by molar-refractivity contribution is 6.19. The van der Waals surface area contributed by atoms with Gasteiger partial charge in [0, 0.05) is 28.8 Å². The van der Waals surface area contributed by atoms with E-state index in [2.05, 4.69) is 9.98 Å². The Morgan fingerprint density at radius 3 is 2.02 bits per heavy atom. The number of benzene rings is 6. The van der Waals surface area contributed by atoms with Gasteiger partial charge in [-0.2, -0.15) is 0 Å². The van der Waals surface area contributed by atoms with E-state index in [9.17, 15) is 9.60 Å². The monoisotopic (exact) mass is 654 g/mol. The van der Waals surface area contributed by atoms with Crippen LogP contribution in [0, 0.1) is 5.92 Å². The third-order valence-electron chi connectivity index (χ3n) is 7.92. The molecular formula is C46H30N2O. The Bertz CT molecular complexity index is 4240. The molecule has 1 aliphatic carbocycles. The van der Waals surface area contributed by atoms with Crippen molar-refractivity contribution in [2.45, 2.75) is 6.04 Å². The maximum absolute atomic E-state index is 9.44. The molecular weight excluding hydrogens is 597 g/mol. The maximum atomic E-state index is 9.44. The summed E-state index contributed by atoms with van der Waals surface area (Å²) in [7, 11) is 0. The summed E-state index contributed by atoms with van der Waals surface area (Å²) in [5.41, 5.74) is -5.11. The summed E-state index contributed by atoms with van der Waals surface area (Å²) in [6.07, 6.45) is -0.728. The summed E-state index contributed by atoms with van der Waals surface area (Å²) < 4.78 is 254. The van der Waals surface area contributed by atoms with Gasteiger partial charge in [-0.3, -0.25) is 9.98 Å². The lowest BCUT2D eigenvalue weighted by molar-refractivity contribution is 0.591. The molecule has 2 atom stereocenters. The highest BCUT2D eigenvalue weighted by Crippen LogP contribution is 2.40. The second-order valence-electron chi connectivity index (χ2n) is 10.7. The van der Waals surface area contributed by atoms with Gasteiger partial charge in [-0.1, -0.05) is 133 Å². The molecule has 0 saturated carbocycles. The lowest BCUT2D eigenvalue weighted by atomic mass is 9.85. The smallest absolute Gasteiger partial charge is 0.135 e. The number of furan rings is 1. The molecule has 0 spiro atoms. The number of hydrogen-bond donors (Lipinski definition) is 0. The van der Waals surface area contributed by atoms with Gasteiger partial charge in [0.2, 0.25) is 0 Å². The number of hydrogen-bond acceptors (Lipinski definition) is 3. The molecule has 2 unspecified atom stereocenters. The van der Waals surface area contributed by atoms with E-state index >= 15 is 0 Å². The average molecular weight is 655 g/mol. The van der Waals surface area contributed by atoms with Gasteiger partial charge in [0.25, 0.3) is 0 Å². The number of fused-ring (bicyclic) bond motifs is 7. The Hall–Kier alpha value is -6.32. The number of aromatic nitrogens is 1. The molecule has 0 amide bonds. The Balaban J connectivity index is 1.24. The fourth-order valence-corrected chi connectivity index (χ4v) is 5.68. The normalized spacial score (nSPS) is 25.3. The largest absolute Gasteiger partial charge is 0.456 e. The number of aliphatic imine (C=N–C) groups is 1. The molecule has 2 aromatic heterocycles. The molecule has 3 heteroatoms. The van der Waals surface area contributed by atoms with Crippen LogP contribution in [0.2, 0.25) is 0 Å². The van der Waals surface area contributed by atoms with E-state index in [-0.39, 0.29) is 11.3 Å². The molecule has 0 saturated heterocycles. The van der Waals surface area contributed by atoms with Crippen molar-refractivity contribution in [3.8, 4) is 33.8 Å². The van der Waals surface area contributed by atoms with Gasteiger partial charge in [-0.25, -0.2) is 0 Å². The molecule has 0 fully saturated rings.